The normalized spacial score (nSPS) is 22.1. The van der Waals surface area contributed by atoms with Gasteiger partial charge in [0.1, 0.15) is 17.3 Å². The van der Waals surface area contributed by atoms with Gasteiger partial charge in [0.15, 0.2) is 0 Å². The number of benzene rings is 1. The van der Waals surface area contributed by atoms with Gasteiger partial charge in [-0.3, -0.25) is 0 Å². The Morgan fingerprint density at radius 1 is 1.11 bits per heavy atom. The van der Waals surface area contributed by atoms with Gasteiger partial charge in [-0.25, -0.2) is 13.8 Å². The molecule has 3 N–H and O–H groups in total. The number of hydrogen-bond donors (Lipinski definition) is 3. The summed E-state index contributed by atoms with van der Waals surface area (Å²) in [6, 6.07) is 7.28. The van der Waals surface area contributed by atoms with Crippen molar-refractivity contribution in [3.63, 3.8) is 0 Å². The van der Waals surface area contributed by atoms with E-state index in [1.165, 1.54) is 6.07 Å². The third-order valence-electron chi connectivity index (χ3n) is 6.93. The SMILES string of the molecule is COCCN[C@H]1CC[C@H](Nc2cc(-c3cc(NCC4(F)CCOCC4)ccc3F)c(Cl)cn2)CC1. The van der Waals surface area contributed by atoms with E-state index in [2.05, 4.69) is 20.9 Å². The van der Waals surface area contributed by atoms with Crippen LogP contribution in [0, 0.1) is 5.82 Å². The Morgan fingerprint density at radius 3 is 2.60 bits per heavy atom. The van der Waals surface area contributed by atoms with Gasteiger partial charge in [-0.05, 0) is 49.9 Å². The number of halogens is 3. The van der Waals surface area contributed by atoms with Gasteiger partial charge in [0.2, 0.25) is 0 Å². The second-order valence-electron chi connectivity index (χ2n) is 9.50. The van der Waals surface area contributed by atoms with Crippen LogP contribution in [0.4, 0.5) is 20.3 Å². The number of hydrogen-bond acceptors (Lipinski definition) is 6. The van der Waals surface area contributed by atoms with Crippen LogP contribution in [0.5, 0.6) is 0 Å². The van der Waals surface area contributed by atoms with Crippen LogP contribution in [0.15, 0.2) is 30.5 Å². The fourth-order valence-electron chi connectivity index (χ4n) is 4.76. The van der Waals surface area contributed by atoms with Gasteiger partial charge in [-0.1, -0.05) is 11.6 Å². The maximum Gasteiger partial charge on any atom is 0.132 e. The predicted molar refractivity (Wildman–Crippen MR) is 137 cm³/mol. The van der Waals surface area contributed by atoms with Crippen molar-refractivity contribution in [2.75, 3.05) is 50.7 Å². The first-order chi connectivity index (χ1) is 17.0. The first-order valence-electron chi connectivity index (χ1n) is 12.4. The largest absolute Gasteiger partial charge is 0.383 e. The Morgan fingerprint density at radius 2 is 1.86 bits per heavy atom. The van der Waals surface area contributed by atoms with Crippen molar-refractivity contribution in [2.45, 2.75) is 56.3 Å². The summed E-state index contributed by atoms with van der Waals surface area (Å²) in [6.07, 6.45) is 6.45. The van der Waals surface area contributed by atoms with E-state index in [9.17, 15) is 8.78 Å². The molecule has 4 rings (SSSR count). The van der Waals surface area contributed by atoms with Crippen LogP contribution < -0.4 is 16.0 Å². The van der Waals surface area contributed by atoms with Crippen LogP contribution in [-0.4, -0.2) is 62.8 Å². The smallest absolute Gasteiger partial charge is 0.132 e. The van der Waals surface area contributed by atoms with E-state index in [1.54, 1.807) is 31.5 Å². The highest BCUT2D eigenvalue weighted by molar-refractivity contribution is 6.33. The van der Waals surface area contributed by atoms with E-state index in [0.717, 1.165) is 32.2 Å². The summed E-state index contributed by atoms with van der Waals surface area (Å²) >= 11 is 6.43. The Bertz CT molecular complexity index is 966. The molecule has 1 saturated heterocycles. The molecule has 0 radical (unpaired) electrons. The summed E-state index contributed by atoms with van der Waals surface area (Å²) in [6.45, 7) is 2.57. The molecule has 0 atom stereocenters. The lowest BCUT2D eigenvalue weighted by molar-refractivity contribution is -0.00115. The Kier molecular flexibility index (Phi) is 9.16. The van der Waals surface area contributed by atoms with Gasteiger partial charge in [0, 0.05) is 81.3 Å². The number of nitrogens with zero attached hydrogens (tertiary/aromatic N) is 1. The lowest BCUT2D eigenvalue weighted by Crippen LogP contribution is -2.38. The molecule has 1 aliphatic heterocycles. The fourth-order valence-corrected chi connectivity index (χ4v) is 4.96. The van der Waals surface area contributed by atoms with Crippen LogP contribution >= 0.6 is 11.6 Å². The number of methoxy groups -OCH3 is 1. The van der Waals surface area contributed by atoms with Gasteiger partial charge in [-0.2, -0.15) is 0 Å². The van der Waals surface area contributed by atoms with Crippen LogP contribution in [0.1, 0.15) is 38.5 Å². The number of aromatic nitrogens is 1. The molecule has 2 heterocycles. The summed E-state index contributed by atoms with van der Waals surface area (Å²) in [5, 5.41) is 10.5. The van der Waals surface area contributed by atoms with Crippen molar-refractivity contribution in [2.24, 2.45) is 0 Å². The molecule has 2 aliphatic rings. The number of nitrogens with one attached hydrogen (secondary N) is 3. The van der Waals surface area contributed by atoms with Crippen LogP contribution in [-0.2, 0) is 9.47 Å². The maximum atomic E-state index is 14.9. The molecule has 2 aromatic rings. The van der Waals surface area contributed by atoms with Crippen molar-refractivity contribution in [3.8, 4) is 11.1 Å². The van der Waals surface area contributed by atoms with E-state index in [-0.39, 0.29) is 6.54 Å². The molecule has 6 nitrogen and oxygen atoms in total. The third-order valence-corrected chi connectivity index (χ3v) is 7.23. The predicted octanol–water partition coefficient (Wildman–Crippen LogP) is 5.43. The van der Waals surface area contributed by atoms with Gasteiger partial charge < -0.3 is 25.4 Å². The monoisotopic (exact) mass is 508 g/mol. The topological polar surface area (TPSA) is 67.4 Å². The molecule has 0 spiro atoms. The van der Waals surface area contributed by atoms with Crippen molar-refractivity contribution < 1.29 is 18.3 Å². The van der Waals surface area contributed by atoms with Gasteiger partial charge in [0.25, 0.3) is 0 Å². The molecule has 1 aromatic heterocycles. The van der Waals surface area contributed by atoms with Crippen LogP contribution in [0.2, 0.25) is 5.02 Å². The minimum absolute atomic E-state index is 0.154. The molecule has 192 valence electrons. The highest BCUT2D eigenvalue weighted by Crippen LogP contribution is 2.34. The number of rotatable bonds is 10. The molecular weight excluding hydrogens is 474 g/mol. The van der Waals surface area contributed by atoms with Gasteiger partial charge in [0.05, 0.1) is 11.6 Å². The molecule has 9 heteroatoms. The average molecular weight is 509 g/mol. The minimum atomic E-state index is -1.32. The highest BCUT2D eigenvalue weighted by Gasteiger charge is 2.32. The standard InChI is InChI=1S/C26H35ClF2N4O2/c1-34-13-10-30-18-2-4-19(5-3-18)33-25-15-21(23(27)16-31-25)22-14-20(6-7-24(22)28)32-17-26(29)8-11-35-12-9-26/h6-7,14-16,18-19,30,32H,2-5,8-13,17H2,1H3,(H,31,33)/t18-,19-. The number of pyridine rings is 1. The van der Waals surface area contributed by atoms with E-state index in [4.69, 9.17) is 21.1 Å². The van der Waals surface area contributed by atoms with Crippen LogP contribution in [0.25, 0.3) is 11.1 Å². The summed E-state index contributed by atoms with van der Waals surface area (Å²) in [5.41, 5.74) is 0.237. The summed E-state index contributed by atoms with van der Waals surface area (Å²) in [4.78, 5) is 4.42. The molecular formula is C26H35ClF2N4O2. The molecule has 1 aliphatic carbocycles. The summed E-state index contributed by atoms with van der Waals surface area (Å²) in [7, 11) is 1.71. The zero-order valence-corrected chi connectivity index (χ0v) is 21.0. The lowest BCUT2D eigenvalue weighted by atomic mass is 9.91. The molecule has 0 amide bonds. The quantitative estimate of drug-likeness (QED) is 0.372. The number of anilines is 2. The summed E-state index contributed by atoms with van der Waals surface area (Å²) in [5.74, 6) is 0.279. The van der Waals surface area contributed by atoms with E-state index < -0.39 is 11.5 Å². The average Bonchev–Trinajstić information content (AvgIpc) is 2.86. The highest BCUT2D eigenvalue weighted by atomic mass is 35.5. The Labute approximate surface area is 211 Å². The van der Waals surface area contributed by atoms with Crippen molar-refractivity contribution in [3.05, 3.63) is 41.3 Å². The van der Waals surface area contributed by atoms with Gasteiger partial charge in [-0.15, -0.1) is 0 Å². The van der Waals surface area contributed by atoms with Crippen molar-refractivity contribution >= 4 is 23.1 Å². The minimum Gasteiger partial charge on any atom is -0.383 e. The molecule has 2 fully saturated rings. The zero-order chi connectivity index (χ0) is 24.7. The third kappa shape index (κ3) is 7.26. The molecule has 0 unspecified atom stereocenters. The Hall–Kier alpha value is -2.00. The van der Waals surface area contributed by atoms with Crippen molar-refractivity contribution in [1.29, 1.82) is 0 Å². The van der Waals surface area contributed by atoms with E-state index >= 15 is 0 Å². The van der Waals surface area contributed by atoms with Gasteiger partial charge >= 0.3 is 0 Å². The Balaban J connectivity index is 1.40. The first kappa shape index (κ1) is 26.1. The number of ether oxygens (including phenoxy) is 2. The first-order valence-corrected chi connectivity index (χ1v) is 12.8. The molecule has 1 aromatic carbocycles. The fraction of sp³-hybridized carbons (Fsp3) is 0.577. The number of alkyl halides is 1. The molecule has 0 bridgehead atoms. The molecule has 35 heavy (non-hydrogen) atoms. The lowest BCUT2D eigenvalue weighted by Gasteiger charge is -2.30. The van der Waals surface area contributed by atoms with Crippen molar-refractivity contribution in [1.82, 2.24) is 10.3 Å². The van der Waals surface area contributed by atoms with Crippen LogP contribution in [0.3, 0.4) is 0 Å². The van der Waals surface area contributed by atoms with E-state index in [1.807, 2.05) is 0 Å². The second-order valence-corrected chi connectivity index (χ2v) is 9.91. The maximum absolute atomic E-state index is 14.9. The zero-order valence-electron chi connectivity index (χ0n) is 20.2. The molecule has 1 saturated carbocycles. The van der Waals surface area contributed by atoms with E-state index in [0.29, 0.717) is 72.4 Å². The summed E-state index contributed by atoms with van der Waals surface area (Å²) < 4.78 is 40.1. The second kappa shape index (κ2) is 12.3.